The van der Waals surface area contributed by atoms with E-state index in [4.69, 9.17) is 4.74 Å². The lowest BCUT2D eigenvalue weighted by Gasteiger charge is -2.19. The van der Waals surface area contributed by atoms with Gasteiger partial charge in [0.2, 0.25) is 0 Å². The Hall–Kier alpha value is -1.82. The molecule has 0 bridgehead atoms. The van der Waals surface area contributed by atoms with E-state index in [-0.39, 0.29) is 29.7 Å². The van der Waals surface area contributed by atoms with Gasteiger partial charge in [0, 0.05) is 19.0 Å². The molecular weight excluding hydrogens is 321 g/mol. The van der Waals surface area contributed by atoms with Crippen molar-refractivity contribution in [3.8, 4) is 5.75 Å². The van der Waals surface area contributed by atoms with Crippen LogP contribution in [0.1, 0.15) is 39.5 Å². The van der Waals surface area contributed by atoms with Crippen LogP contribution in [0.4, 0.5) is 4.39 Å². The molecular formula is C19H30FN3O2. The third-order valence-electron chi connectivity index (χ3n) is 4.53. The van der Waals surface area contributed by atoms with Crippen LogP contribution in [0.5, 0.6) is 5.75 Å². The summed E-state index contributed by atoms with van der Waals surface area (Å²) >= 11 is 0. The highest BCUT2D eigenvalue weighted by Crippen LogP contribution is 2.24. The molecule has 1 fully saturated rings. The van der Waals surface area contributed by atoms with Gasteiger partial charge in [-0.25, -0.2) is 9.38 Å². The zero-order valence-corrected chi connectivity index (χ0v) is 15.2. The maximum atomic E-state index is 13.7. The highest BCUT2D eigenvalue weighted by molar-refractivity contribution is 5.79. The van der Waals surface area contributed by atoms with E-state index in [0.29, 0.717) is 19.0 Å². The summed E-state index contributed by atoms with van der Waals surface area (Å²) in [5.74, 6) is 0.888. The number of hydrogen-bond acceptors (Lipinski definition) is 3. The Labute approximate surface area is 149 Å². The van der Waals surface area contributed by atoms with E-state index in [0.717, 1.165) is 32.2 Å². The van der Waals surface area contributed by atoms with Crippen molar-refractivity contribution in [2.45, 2.75) is 51.7 Å². The smallest absolute Gasteiger partial charge is 0.191 e. The summed E-state index contributed by atoms with van der Waals surface area (Å²) in [6.07, 6.45) is 3.33. The second-order valence-corrected chi connectivity index (χ2v) is 6.44. The number of benzene rings is 1. The lowest BCUT2D eigenvalue weighted by Crippen LogP contribution is -2.41. The van der Waals surface area contributed by atoms with E-state index >= 15 is 0 Å². The molecule has 140 valence electrons. The summed E-state index contributed by atoms with van der Waals surface area (Å²) in [5, 5.41) is 16.4. The van der Waals surface area contributed by atoms with Gasteiger partial charge in [-0.3, -0.25) is 0 Å². The predicted octanol–water partition coefficient (Wildman–Crippen LogP) is 2.70. The largest absolute Gasteiger partial charge is 0.485 e. The van der Waals surface area contributed by atoms with Crippen LogP contribution in [0.25, 0.3) is 0 Å². The van der Waals surface area contributed by atoms with Crippen LogP contribution in [0.2, 0.25) is 0 Å². The summed E-state index contributed by atoms with van der Waals surface area (Å²) in [6, 6.07) is 6.43. The van der Waals surface area contributed by atoms with Gasteiger partial charge in [-0.15, -0.1) is 0 Å². The van der Waals surface area contributed by atoms with Crippen molar-refractivity contribution in [3.05, 3.63) is 30.1 Å². The van der Waals surface area contributed by atoms with Gasteiger partial charge < -0.3 is 20.5 Å². The van der Waals surface area contributed by atoms with Gasteiger partial charge in [0.25, 0.3) is 0 Å². The molecule has 2 rings (SSSR count). The average Bonchev–Trinajstić information content (AvgIpc) is 3.02. The second kappa shape index (κ2) is 10.2. The number of aliphatic hydroxyl groups excluding tert-OH is 1. The quantitative estimate of drug-likeness (QED) is 0.498. The number of para-hydroxylation sites is 1. The van der Waals surface area contributed by atoms with E-state index in [1.54, 1.807) is 18.2 Å². The molecule has 0 radical (unpaired) electrons. The molecule has 6 heteroatoms. The molecule has 3 unspecified atom stereocenters. The Morgan fingerprint density at radius 2 is 2.12 bits per heavy atom. The number of hydrogen-bond donors (Lipinski definition) is 3. The first kappa shape index (κ1) is 19.5. The zero-order chi connectivity index (χ0) is 18.1. The molecule has 0 amide bonds. The molecule has 3 N–H and O–H groups in total. The Balaban J connectivity index is 1.89. The van der Waals surface area contributed by atoms with Crippen LogP contribution in [0.15, 0.2) is 29.3 Å². The number of halogens is 1. The molecule has 1 saturated carbocycles. The Bertz CT molecular complexity index is 553. The van der Waals surface area contributed by atoms with E-state index in [9.17, 15) is 9.50 Å². The summed E-state index contributed by atoms with van der Waals surface area (Å²) in [5.41, 5.74) is 0. The number of aliphatic imine (C=N–C) groups is 1. The molecule has 1 aromatic rings. The number of rotatable bonds is 8. The Morgan fingerprint density at radius 1 is 1.32 bits per heavy atom. The van der Waals surface area contributed by atoms with E-state index in [2.05, 4.69) is 15.6 Å². The van der Waals surface area contributed by atoms with Crippen LogP contribution < -0.4 is 15.4 Å². The molecule has 25 heavy (non-hydrogen) atoms. The van der Waals surface area contributed by atoms with Crippen molar-refractivity contribution < 1.29 is 14.2 Å². The summed E-state index contributed by atoms with van der Waals surface area (Å²) in [7, 11) is 0. The minimum Gasteiger partial charge on any atom is -0.485 e. The van der Waals surface area contributed by atoms with Crippen molar-refractivity contribution in [2.24, 2.45) is 10.9 Å². The third kappa shape index (κ3) is 6.20. The Kier molecular flexibility index (Phi) is 7.98. The number of ether oxygens (including phenoxy) is 1. The maximum absolute atomic E-state index is 13.7. The summed E-state index contributed by atoms with van der Waals surface area (Å²) in [6.45, 7) is 5.90. The van der Waals surface area contributed by atoms with Crippen molar-refractivity contribution in [1.82, 2.24) is 10.6 Å². The number of nitrogens with zero attached hydrogens (tertiary/aromatic N) is 1. The third-order valence-corrected chi connectivity index (χ3v) is 4.53. The molecule has 0 aliphatic heterocycles. The molecule has 1 aliphatic rings. The topological polar surface area (TPSA) is 65.9 Å². The lowest BCUT2D eigenvalue weighted by molar-refractivity contribution is 0.134. The standard InChI is InChI=1S/C19H30FN3O2/c1-3-15(25-18-11-6-5-9-16(18)20)13-23-19(21-4-2)22-12-14-8-7-10-17(14)24/h5-6,9,11,14-15,17,24H,3-4,7-8,10,12-13H2,1-2H3,(H2,21,22,23). The predicted molar refractivity (Wildman–Crippen MR) is 98.4 cm³/mol. The molecule has 0 aromatic heterocycles. The molecule has 0 spiro atoms. The SMILES string of the molecule is CCNC(=NCC(CC)Oc1ccccc1F)NCC1CCCC1O. The first-order valence-corrected chi connectivity index (χ1v) is 9.25. The number of nitrogens with one attached hydrogen (secondary N) is 2. The maximum Gasteiger partial charge on any atom is 0.191 e. The fourth-order valence-electron chi connectivity index (χ4n) is 2.99. The van der Waals surface area contributed by atoms with Crippen LogP contribution >= 0.6 is 0 Å². The van der Waals surface area contributed by atoms with Crippen LogP contribution in [0, 0.1) is 11.7 Å². The van der Waals surface area contributed by atoms with Gasteiger partial charge in [0.1, 0.15) is 6.10 Å². The molecule has 1 aromatic carbocycles. The fourth-order valence-corrected chi connectivity index (χ4v) is 2.99. The summed E-state index contributed by atoms with van der Waals surface area (Å²) < 4.78 is 19.5. The average molecular weight is 351 g/mol. The van der Waals surface area contributed by atoms with E-state index < -0.39 is 0 Å². The van der Waals surface area contributed by atoms with Gasteiger partial charge in [-0.1, -0.05) is 25.5 Å². The minimum absolute atomic E-state index is 0.190. The second-order valence-electron chi connectivity index (χ2n) is 6.44. The highest BCUT2D eigenvalue weighted by atomic mass is 19.1. The van der Waals surface area contributed by atoms with Crippen LogP contribution in [-0.4, -0.2) is 42.9 Å². The fraction of sp³-hybridized carbons (Fsp3) is 0.632. The van der Waals surface area contributed by atoms with Crippen molar-refractivity contribution in [1.29, 1.82) is 0 Å². The molecule has 0 heterocycles. The van der Waals surface area contributed by atoms with Gasteiger partial charge in [-0.05, 0) is 38.3 Å². The van der Waals surface area contributed by atoms with Gasteiger partial charge in [0.15, 0.2) is 17.5 Å². The molecule has 3 atom stereocenters. The van der Waals surface area contributed by atoms with Gasteiger partial charge >= 0.3 is 0 Å². The number of aliphatic hydroxyl groups is 1. The van der Waals surface area contributed by atoms with Crippen LogP contribution in [0.3, 0.4) is 0 Å². The van der Waals surface area contributed by atoms with E-state index in [1.807, 2.05) is 13.8 Å². The van der Waals surface area contributed by atoms with Crippen molar-refractivity contribution in [3.63, 3.8) is 0 Å². The lowest BCUT2D eigenvalue weighted by atomic mass is 10.1. The first-order chi connectivity index (χ1) is 12.1. The van der Waals surface area contributed by atoms with Gasteiger partial charge in [-0.2, -0.15) is 0 Å². The molecule has 5 nitrogen and oxygen atoms in total. The van der Waals surface area contributed by atoms with E-state index in [1.165, 1.54) is 6.07 Å². The zero-order valence-electron chi connectivity index (χ0n) is 15.2. The van der Waals surface area contributed by atoms with Gasteiger partial charge in [0.05, 0.1) is 12.6 Å². The highest BCUT2D eigenvalue weighted by Gasteiger charge is 2.25. The molecule has 0 saturated heterocycles. The number of guanidine groups is 1. The van der Waals surface area contributed by atoms with Crippen LogP contribution in [-0.2, 0) is 0 Å². The minimum atomic E-state index is -0.356. The van der Waals surface area contributed by atoms with Crippen molar-refractivity contribution >= 4 is 5.96 Å². The monoisotopic (exact) mass is 351 g/mol. The Morgan fingerprint density at radius 3 is 2.76 bits per heavy atom. The first-order valence-electron chi connectivity index (χ1n) is 9.25. The van der Waals surface area contributed by atoms with Crippen molar-refractivity contribution in [2.75, 3.05) is 19.6 Å². The normalized spacial score (nSPS) is 21.8. The summed E-state index contributed by atoms with van der Waals surface area (Å²) in [4.78, 5) is 4.56. The molecule has 1 aliphatic carbocycles.